The van der Waals surface area contributed by atoms with E-state index in [1.165, 1.54) is 0 Å². The minimum absolute atomic E-state index is 0.0920. The molecule has 1 heterocycles. The molecule has 1 fully saturated rings. The minimum atomic E-state index is -0.984. The van der Waals surface area contributed by atoms with Crippen LogP contribution in [0.3, 0.4) is 0 Å². The van der Waals surface area contributed by atoms with E-state index in [0.717, 1.165) is 0 Å². The number of hydrogen-bond acceptors (Lipinski definition) is 3. The van der Waals surface area contributed by atoms with E-state index in [2.05, 4.69) is 55.3 Å². The topological polar surface area (TPSA) is 9.72 Å². The highest BCUT2D eigenvalue weighted by molar-refractivity contribution is 7.50. The summed E-state index contributed by atoms with van der Waals surface area (Å²) in [5, 5.41) is 2.34. The Morgan fingerprint density at radius 1 is 1.17 bits per heavy atom. The van der Waals surface area contributed by atoms with Crippen molar-refractivity contribution in [2.45, 2.75) is 19.6 Å². The van der Waals surface area contributed by atoms with Crippen LogP contribution in [-0.4, -0.2) is 60.4 Å². The van der Waals surface area contributed by atoms with Gasteiger partial charge in [0, 0.05) is 7.05 Å². The van der Waals surface area contributed by atoms with Crippen LogP contribution in [0.2, 0.25) is 19.6 Å². The zero-order chi connectivity index (χ0) is 9.52. The van der Waals surface area contributed by atoms with Crippen LogP contribution in [0.25, 0.3) is 0 Å². The van der Waals surface area contributed by atoms with Gasteiger partial charge in [-0.15, -0.1) is 0 Å². The standard InChI is InChI=1S/C6H21N3Si3/c1-7-8(2)10-11(4)12(5,6)9(7)3/h11H,10H2,1-6H3. The predicted molar refractivity (Wildman–Crippen MR) is 62.3 cm³/mol. The molecule has 1 rings (SSSR count). The molecule has 1 unspecified atom stereocenters. The molecule has 1 aliphatic heterocycles. The van der Waals surface area contributed by atoms with Crippen molar-refractivity contribution in [3.05, 3.63) is 0 Å². The van der Waals surface area contributed by atoms with Crippen LogP contribution in [0.4, 0.5) is 0 Å². The number of nitrogens with zero attached hydrogens (tertiary/aromatic N) is 3. The molecular formula is C6H21N3Si3. The lowest BCUT2D eigenvalue weighted by Crippen LogP contribution is -2.74. The van der Waals surface area contributed by atoms with Crippen molar-refractivity contribution in [2.24, 2.45) is 0 Å². The van der Waals surface area contributed by atoms with Crippen LogP contribution in [0, 0.1) is 0 Å². The minimum Gasteiger partial charge on any atom is -0.264 e. The largest absolute Gasteiger partial charge is 0.264 e. The fraction of sp³-hybridized carbons (Fsp3) is 1.00. The highest BCUT2D eigenvalue weighted by Gasteiger charge is 2.42. The first kappa shape index (κ1) is 10.6. The van der Waals surface area contributed by atoms with Crippen LogP contribution >= 0.6 is 0 Å². The Kier molecular flexibility index (Phi) is 2.96. The lowest BCUT2D eigenvalue weighted by molar-refractivity contribution is -0.0356. The zero-order valence-corrected chi connectivity index (χ0v) is 12.7. The van der Waals surface area contributed by atoms with Crippen molar-refractivity contribution in [1.29, 1.82) is 0 Å². The Morgan fingerprint density at radius 3 is 2.17 bits per heavy atom. The molecule has 6 heteroatoms. The zero-order valence-electron chi connectivity index (χ0n) is 9.13. The summed E-state index contributed by atoms with van der Waals surface area (Å²) in [7, 11) is 5.44. The summed E-state index contributed by atoms with van der Waals surface area (Å²) in [5.74, 6) is 0. The van der Waals surface area contributed by atoms with Gasteiger partial charge in [0.15, 0.2) is 0 Å². The highest BCUT2D eigenvalue weighted by Crippen LogP contribution is 2.18. The Morgan fingerprint density at radius 2 is 1.67 bits per heavy atom. The van der Waals surface area contributed by atoms with Gasteiger partial charge in [0.25, 0.3) is 0 Å². The number of rotatable bonds is 0. The van der Waals surface area contributed by atoms with E-state index in [1.807, 2.05) is 0 Å². The Hall–Kier alpha value is 0.531. The summed E-state index contributed by atoms with van der Waals surface area (Å²) in [6, 6.07) is 0. The molecule has 0 bridgehead atoms. The second-order valence-corrected chi connectivity index (χ2v) is 25.9. The summed E-state index contributed by atoms with van der Waals surface area (Å²) in [6.07, 6.45) is 0. The van der Waals surface area contributed by atoms with E-state index in [9.17, 15) is 0 Å². The summed E-state index contributed by atoms with van der Waals surface area (Å²) >= 11 is 0. The van der Waals surface area contributed by atoms with Gasteiger partial charge in [-0.05, 0) is 14.1 Å². The maximum absolute atomic E-state index is 2.57. The molecule has 0 radical (unpaired) electrons. The summed E-state index contributed by atoms with van der Waals surface area (Å²) in [4.78, 5) is 0. The van der Waals surface area contributed by atoms with Gasteiger partial charge in [-0.1, -0.05) is 19.6 Å². The second-order valence-electron chi connectivity index (χ2n) is 4.41. The third kappa shape index (κ3) is 1.59. The molecule has 12 heavy (non-hydrogen) atoms. The van der Waals surface area contributed by atoms with E-state index >= 15 is 0 Å². The van der Waals surface area contributed by atoms with Crippen LogP contribution < -0.4 is 0 Å². The van der Waals surface area contributed by atoms with Crippen molar-refractivity contribution < 1.29 is 0 Å². The third-order valence-electron chi connectivity index (χ3n) is 3.51. The lowest BCUT2D eigenvalue weighted by Gasteiger charge is -2.52. The molecule has 1 saturated heterocycles. The first-order valence-electron chi connectivity index (χ1n) is 4.56. The van der Waals surface area contributed by atoms with Crippen LogP contribution in [0.15, 0.2) is 0 Å². The van der Waals surface area contributed by atoms with Gasteiger partial charge in [-0.25, -0.2) is 0 Å². The van der Waals surface area contributed by atoms with E-state index in [0.29, 0.717) is 0 Å². The van der Waals surface area contributed by atoms with Gasteiger partial charge in [-0.2, -0.15) is 5.12 Å². The van der Waals surface area contributed by atoms with E-state index in [-0.39, 0.29) is 17.0 Å². The first-order valence-corrected chi connectivity index (χ1v) is 14.4. The Labute approximate surface area is 80.4 Å². The predicted octanol–water partition coefficient (Wildman–Crippen LogP) is -0.654. The first-order chi connectivity index (χ1) is 5.37. The average molecular weight is 220 g/mol. The summed E-state index contributed by atoms with van der Waals surface area (Å²) in [6.45, 7) is 7.62. The molecule has 0 N–H and O–H groups in total. The van der Waals surface area contributed by atoms with E-state index in [1.54, 1.807) is 0 Å². The van der Waals surface area contributed by atoms with Crippen LogP contribution in [0.1, 0.15) is 0 Å². The Balaban J connectivity index is 2.80. The fourth-order valence-corrected chi connectivity index (χ4v) is 20.6. The monoisotopic (exact) mass is 219 g/mol. The van der Waals surface area contributed by atoms with Crippen molar-refractivity contribution in [3.8, 4) is 0 Å². The molecule has 0 amide bonds. The van der Waals surface area contributed by atoms with Crippen molar-refractivity contribution in [3.63, 3.8) is 0 Å². The average Bonchev–Trinajstić information content (AvgIpc) is 1.99. The Bertz CT molecular complexity index is 175. The normalized spacial score (nSPS) is 36.0. The van der Waals surface area contributed by atoms with Gasteiger partial charge >= 0.3 is 0 Å². The summed E-state index contributed by atoms with van der Waals surface area (Å²) < 4.78 is 5.01. The second kappa shape index (κ2) is 3.35. The molecular weight excluding hydrogens is 198 g/mol. The molecule has 3 nitrogen and oxygen atoms in total. The molecule has 0 aliphatic carbocycles. The van der Waals surface area contributed by atoms with Crippen molar-refractivity contribution in [2.75, 3.05) is 21.1 Å². The van der Waals surface area contributed by atoms with Crippen LogP contribution in [-0.2, 0) is 0 Å². The van der Waals surface area contributed by atoms with Gasteiger partial charge in [-0.3, -0.25) is 9.35 Å². The SMILES string of the molecule is CN1[SiH2][SiH](C)[Si](C)(C)N(C)N1C. The molecule has 1 atom stereocenters. The molecule has 0 aromatic heterocycles. The molecule has 0 aromatic carbocycles. The van der Waals surface area contributed by atoms with Gasteiger partial charge in [0.2, 0.25) is 0 Å². The van der Waals surface area contributed by atoms with Gasteiger partial charge in [0.1, 0.15) is 17.0 Å². The van der Waals surface area contributed by atoms with Crippen LogP contribution in [0.5, 0.6) is 0 Å². The van der Waals surface area contributed by atoms with E-state index < -0.39 is 7.75 Å². The van der Waals surface area contributed by atoms with E-state index in [4.69, 9.17) is 0 Å². The lowest BCUT2D eigenvalue weighted by atomic mass is 11.2. The molecule has 0 saturated carbocycles. The highest BCUT2D eigenvalue weighted by atomic mass is 29.6. The van der Waals surface area contributed by atoms with Crippen molar-refractivity contribution >= 4 is 24.8 Å². The molecule has 72 valence electrons. The fourth-order valence-electron chi connectivity index (χ4n) is 1.66. The van der Waals surface area contributed by atoms with Crippen molar-refractivity contribution in [1.82, 2.24) is 14.5 Å². The number of hydrazine groups is 2. The van der Waals surface area contributed by atoms with Gasteiger partial charge < -0.3 is 0 Å². The molecule has 0 spiro atoms. The smallest absolute Gasteiger partial charge is 0.126 e. The summed E-state index contributed by atoms with van der Waals surface area (Å²) in [5.41, 5.74) is 0. The molecule has 0 aromatic rings. The number of hydrogen-bond donors (Lipinski definition) is 0. The maximum atomic E-state index is 2.57. The molecule has 1 aliphatic rings. The quantitative estimate of drug-likeness (QED) is 0.501. The van der Waals surface area contributed by atoms with Gasteiger partial charge in [0.05, 0.1) is 7.83 Å². The third-order valence-corrected chi connectivity index (χ3v) is 31.6. The maximum Gasteiger partial charge on any atom is 0.126 e.